The molecule has 1 heterocycles. The minimum atomic E-state index is -4.41. The molecule has 3 N–H and O–H groups in total. The Bertz CT molecular complexity index is 1500. The summed E-state index contributed by atoms with van der Waals surface area (Å²) in [5.41, 5.74) is 0.179. The first kappa shape index (κ1) is 29.1. The average Bonchev–Trinajstić information content (AvgIpc) is 3.36. The summed E-state index contributed by atoms with van der Waals surface area (Å²) in [7, 11) is 0. The molecule has 0 unspecified atom stereocenters. The molecule has 3 aromatic carbocycles. The first-order chi connectivity index (χ1) is 19.1. The van der Waals surface area contributed by atoms with Crippen LogP contribution in [0.4, 0.5) is 18.9 Å². The minimum absolute atomic E-state index is 0.187. The lowest BCUT2D eigenvalue weighted by atomic mass is 10.2. The quantitative estimate of drug-likeness (QED) is 0.167. The number of nitrogens with one attached hydrogen (secondary N) is 3. The van der Waals surface area contributed by atoms with Crippen molar-refractivity contribution in [3.05, 3.63) is 82.3 Å². The van der Waals surface area contributed by atoms with E-state index >= 15 is 0 Å². The topological polar surface area (TPSA) is 106 Å². The largest absolute Gasteiger partial charge is 0.455 e. The number of nitrogens with zero attached hydrogens (tertiary/aromatic N) is 4. The van der Waals surface area contributed by atoms with Crippen LogP contribution in [0.25, 0.3) is 11.4 Å². The second-order valence-electron chi connectivity index (χ2n) is 8.12. The predicted octanol–water partition coefficient (Wildman–Crippen LogP) is 5.56. The second kappa shape index (κ2) is 12.9. The van der Waals surface area contributed by atoms with Crippen molar-refractivity contribution >= 4 is 52.1 Å². The molecule has 0 aliphatic rings. The molecule has 4 rings (SSSR count). The third kappa shape index (κ3) is 8.04. The molecule has 0 bridgehead atoms. The van der Waals surface area contributed by atoms with Gasteiger partial charge in [-0.15, -0.1) is 10.2 Å². The Balaban J connectivity index is 1.24. The van der Waals surface area contributed by atoms with Gasteiger partial charge in [0.25, 0.3) is 0 Å². The number of benzene rings is 3. The summed E-state index contributed by atoms with van der Waals surface area (Å²) >= 11 is 17.3. The summed E-state index contributed by atoms with van der Waals surface area (Å²) < 4.78 is 43.9. The number of carbonyl (C=O) groups is 1. The van der Waals surface area contributed by atoms with E-state index in [0.717, 1.165) is 16.9 Å². The van der Waals surface area contributed by atoms with Crippen LogP contribution in [0, 0.1) is 0 Å². The van der Waals surface area contributed by atoms with Crippen molar-refractivity contribution < 1.29 is 22.7 Å². The highest BCUT2D eigenvalue weighted by atomic mass is 35.5. The van der Waals surface area contributed by atoms with Gasteiger partial charge in [-0.05, 0) is 72.0 Å². The number of hydrogen-bond acceptors (Lipinski definition) is 6. The maximum Gasteiger partial charge on any atom is 0.416 e. The van der Waals surface area contributed by atoms with Gasteiger partial charge in [0.15, 0.2) is 5.11 Å². The van der Waals surface area contributed by atoms with Gasteiger partial charge in [0.05, 0.1) is 16.1 Å². The summed E-state index contributed by atoms with van der Waals surface area (Å²) in [6.07, 6.45) is -4.41. The molecule has 0 saturated carbocycles. The SMILES string of the molecule is O=C(Cn1nnc(-c2ccccc2Oc2ccc(Cl)cc2Cl)n1)NCCNC(=S)Nc1ccc(C(F)(F)F)cc1. The van der Waals surface area contributed by atoms with Crippen molar-refractivity contribution in [2.24, 2.45) is 0 Å². The number of halogens is 5. The molecule has 0 fully saturated rings. The van der Waals surface area contributed by atoms with Gasteiger partial charge in [-0.1, -0.05) is 35.3 Å². The maximum absolute atomic E-state index is 12.7. The van der Waals surface area contributed by atoms with Crippen LogP contribution in [0.3, 0.4) is 0 Å². The van der Waals surface area contributed by atoms with Gasteiger partial charge in [-0.3, -0.25) is 4.79 Å². The highest BCUT2D eigenvalue weighted by Crippen LogP contribution is 2.35. The summed E-state index contributed by atoms with van der Waals surface area (Å²) in [5.74, 6) is 0.704. The molecule has 0 aliphatic heterocycles. The van der Waals surface area contributed by atoms with Crippen LogP contribution in [0.2, 0.25) is 10.0 Å². The standard InChI is InChI=1S/C25H20Cl2F3N7O2S/c26-16-7-10-21(19(27)13-16)39-20-4-2-1-3-18(20)23-34-36-37(35-23)14-22(38)31-11-12-32-24(40)33-17-8-5-15(6-9-17)25(28,29)30/h1-10,13H,11-12,14H2,(H,31,38)(H2,32,33,40). The molecular formula is C25H20Cl2F3N7O2S. The summed E-state index contributed by atoms with van der Waals surface area (Å²) in [5, 5.41) is 21.5. The third-order valence-corrected chi connectivity index (χ3v) is 5.96. The van der Waals surface area contributed by atoms with E-state index in [2.05, 4.69) is 31.4 Å². The van der Waals surface area contributed by atoms with Gasteiger partial charge in [0, 0.05) is 23.8 Å². The van der Waals surface area contributed by atoms with Gasteiger partial charge < -0.3 is 20.7 Å². The molecule has 40 heavy (non-hydrogen) atoms. The molecule has 208 valence electrons. The molecule has 0 atom stereocenters. The summed E-state index contributed by atoms with van der Waals surface area (Å²) in [4.78, 5) is 13.5. The highest BCUT2D eigenvalue weighted by Gasteiger charge is 2.29. The first-order valence-corrected chi connectivity index (χ1v) is 12.7. The van der Waals surface area contributed by atoms with E-state index in [1.54, 1.807) is 42.5 Å². The highest BCUT2D eigenvalue weighted by molar-refractivity contribution is 7.80. The Labute approximate surface area is 241 Å². The van der Waals surface area contributed by atoms with Crippen LogP contribution >= 0.6 is 35.4 Å². The number of ether oxygens (including phenoxy) is 1. The van der Waals surface area contributed by atoms with E-state index in [4.69, 9.17) is 40.2 Å². The number of rotatable bonds is 9. The maximum atomic E-state index is 12.7. The molecule has 4 aromatic rings. The monoisotopic (exact) mass is 609 g/mol. The number of aromatic nitrogens is 4. The third-order valence-electron chi connectivity index (χ3n) is 5.18. The molecule has 1 amide bonds. The number of anilines is 1. The van der Waals surface area contributed by atoms with Crippen molar-refractivity contribution in [1.82, 2.24) is 30.8 Å². The van der Waals surface area contributed by atoms with Gasteiger partial charge >= 0.3 is 6.18 Å². The molecular weight excluding hydrogens is 590 g/mol. The average molecular weight is 610 g/mol. The van der Waals surface area contributed by atoms with E-state index < -0.39 is 11.7 Å². The summed E-state index contributed by atoms with van der Waals surface area (Å²) in [6.45, 7) is 0.299. The summed E-state index contributed by atoms with van der Waals surface area (Å²) in [6, 6.07) is 16.3. The molecule has 0 radical (unpaired) electrons. The zero-order valence-corrected chi connectivity index (χ0v) is 22.7. The van der Waals surface area contributed by atoms with Gasteiger partial charge in [-0.2, -0.15) is 18.0 Å². The van der Waals surface area contributed by atoms with E-state index in [1.807, 2.05) is 0 Å². The van der Waals surface area contributed by atoms with Crippen molar-refractivity contribution in [1.29, 1.82) is 0 Å². The van der Waals surface area contributed by atoms with Crippen molar-refractivity contribution in [3.63, 3.8) is 0 Å². The number of hydrogen-bond donors (Lipinski definition) is 3. The van der Waals surface area contributed by atoms with Gasteiger partial charge in [0.2, 0.25) is 11.7 Å². The Morgan fingerprint density at radius 2 is 1.70 bits per heavy atom. The smallest absolute Gasteiger partial charge is 0.416 e. The Hall–Kier alpha value is -3.94. The second-order valence-corrected chi connectivity index (χ2v) is 9.37. The minimum Gasteiger partial charge on any atom is -0.455 e. The lowest BCUT2D eigenvalue weighted by Gasteiger charge is -2.12. The number of para-hydroxylation sites is 1. The number of carbonyl (C=O) groups excluding carboxylic acids is 1. The fourth-order valence-corrected chi connectivity index (χ4v) is 3.98. The van der Waals surface area contributed by atoms with E-state index in [1.165, 1.54) is 12.1 Å². The lowest BCUT2D eigenvalue weighted by Crippen LogP contribution is -2.38. The molecule has 0 spiro atoms. The van der Waals surface area contributed by atoms with Crippen LogP contribution in [0.5, 0.6) is 11.5 Å². The number of amides is 1. The number of tetrazole rings is 1. The molecule has 9 nitrogen and oxygen atoms in total. The van der Waals surface area contributed by atoms with Gasteiger partial charge in [-0.25, -0.2) is 0 Å². The Kier molecular flexibility index (Phi) is 9.40. The lowest BCUT2D eigenvalue weighted by molar-refractivity contribution is -0.137. The Morgan fingerprint density at radius 3 is 2.42 bits per heavy atom. The normalized spacial score (nSPS) is 11.1. The molecule has 0 aliphatic carbocycles. The zero-order valence-electron chi connectivity index (χ0n) is 20.4. The molecule has 15 heteroatoms. The number of alkyl halides is 3. The molecule has 0 saturated heterocycles. The Morgan fingerprint density at radius 1 is 0.975 bits per heavy atom. The van der Waals surface area contributed by atoms with E-state index in [9.17, 15) is 18.0 Å². The van der Waals surface area contributed by atoms with Crippen LogP contribution in [-0.2, 0) is 17.5 Å². The first-order valence-electron chi connectivity index (χ1n) is 11.6. The fourth-order valence-electron chi connectivity index (χ4n) is 3.31. The zero-order chi connectivity index (χ0) is 28.7. The van der Waals surface area contributed by atoms with Crippen molar-refractivity contribution in [2.45, 2.75) is 12.7 Å². The van der Waals surface area contributed by atoms with Crippen LogP contribution in [0.15, 0.2) is 66.7 Å². The number of thiocarbonyl (C=S) groups is 1. The van der Waals surface area contributed by atoms with Crippen LogP contribution in [-0.4, -0.2) is 44.3 Å². The fraction of sp³-hybridized carbons (Fsp3) is 0.160. The van der Waals surface area contributed by atoms with E-state index in [-0.39, 0.29) is 36.5 Å². The van der Waals surface area contributed by atoms with Gasteiger partial charge in [0.1, 0.15) is 18.0 Å². The van der Waals surface area contributed by atoms with Crippen molar-refractivity contribution in [3.8, 4) is 22.9 Å². The van der Waals surface area contributed by atoms with Crippen molar-refractivity contribution in [2.75, 3.05) is 18.4 Å². The van der Waals surface area contributed by atoms with E-state index in [0.29, 0.717) is 32.8 Å². The molecule has 1 aromatic heterocycles. The van der Waals surface area contributed by atoms with Crippen LogP contribution < -0.4 is 20.7 Å². The predicted molar refractivity (Wildman–Crippen MR) is 148 cm³/mol. The van der Waals surface area contributed by atoms with Crippen LogP contribution in [0.1, 0.15) is 5.56 Å².